The van der Waals surface area contributed by atoms with E-state index in [-0.39, 0.29) is 36.7 Å². The van der Waals surface area contributed by atoms with Gasteiger partial charge in [-0.05, 0) is 32.0 Å². The van der Waals surface area contributed by atoms with Gasteiger partial charge in [0, 0.05) is 23.5 Å². The van der Waals surface area contributed by atoms with Crippen LogP contribution in [0.4, 0.5) is 0 Å². The van der Waals surface area contributed by atoms with E-state index < -0.39 is 0 Å². The number of halogens is 1. The Balaban J connectivity index is 2.07. The first-order valence-corrected chi connectivity index (χ1v) is 7.14. The highest BCUT2D eigenvalue weighted by Crippen LogP contribution is 2.25. The van der Waals surface area contributed by atoms with Crippen LogP contribution in [0.2, 0.25) is 0 Å². The van der Waals surface area contributed by atoms with E-state index in [2.05, 4.69) is 21.2 Å². The maximum absolute atomic E-state index is 12.1. The van der Waals surface area contributed by atoms with Crippen LogP contribution in [0.1, 0.15) is 41.0 Å². The van der Waals surface area contributed by atoms with Crippen molar-refractivity contribution >= 4 is 33.7 Å². The fourth-order valence-electron chi connectivity index (χ4n) is 2.07. The summed E-state index contributed by atoms with van der Waals surface area (Å²) in [5, 5.41) is 2.73. The first-order chi connectivity index (χ1) is 9.40. The van der Waals surface area contributed by atoms with Crippen LogP contribution in [0.5, 0.6) is 0 Å². The third-order valence-electron chi connectivity index (χ3n) is 2.94. The number of benzene rings is 1. The number of carbonyl (C=O) groups is 3. The van der Waals surface area contributed by atoms with Crippen LogP contribution in [-0.4, -0.2) is 35.2 Å². The molecule has 0 spiro atoms. The predicted molar refractivity (Wildman–Crippen MR) is 77.4 cm³/mol. The molecule has 6 heteroatoms. The second-order valence-corrected chi connectivity index (χ2v) is 5.84. The van der Waals surface area contributed by atoms with E-state index in [0.717, 1.165) is 9.37 Å². The molecule has 3 amide bonds. The molecule has 1 N–H and O–H groups in total. The lowest BCUT2D eigenvalue weighted by atomic mass is 10.1. The summed E-state index contributed by atoms with van der Waals surface area (Å²) in [6.45, 7) is 3.82. The molecule has 1 aliphatic heterocycles. The Morgan fingerprint density at radius 2 is 1.90 bits per heavy atom. The number of hydrogen-bond acceptors (Lipinski definition) is 3. The first kappa shape index (κ1) is 14.7. The summed E-state index contributed by atoms with van der Waals surface area (Å²) in [4.78, 5) is 37.0. The molecule has 2 rings (SSSR count). The Kier molecular flexibility index (Phi) is 4.23. The van der Waals surface area contributed by atoms with Gasteiger partial charge in [0.15, 0.2) is 0 Å². The molecule has 0 aromatic heterocycles. The van der Waals surface area contributed by atoms with Crippen LogP contribution in [0.25, 0.3) is 0 Å². The van der Waals surface area contributed by atoms with E-state index in [0.29, 0.717) is 11.1 Å². The van der Waals surface area contributed by atoms with Gasteiger partial charge in [0.25, 0.3) is 11.8 Å². The molecule has 0 saturated carbocycles. The lowest BCUT2D eigenvalue weighted by Crippen LogP contribution is -2.36. The minimum atomic E-state index is -0.344. The maximum Gasteiger partial charge on any atom is 0.261 e. The van der Waals surface area contributed by atoms with Crippen LogP contribution >= 0.6 is 15.9 Å². The van der Waals surface area contributed by atoms with Crippen molar-refractivity contribution < 1.29 is 14.4 Å². The molecule has 0 atom stereocenters. The Morgan fingerprint density at radius 1 is 1.25 bits per heavy atom. The first-order valence-electron chi connectivity index (χ1n) is 6.35. The van der Waals surface area contributed by atoms with Crippen LogP contribution in [0.15, 0.2) is 22.7 Å². The van der Waals surface area contributed by atoms with E-state index in [1.165, 1.54) is 0 Å². The predicted octanol–water partition coefficient (Wildman–Crippen LogP) is 1.96. The minimum absolute atomic E-state index is 0.0423. The summed E-state index contributed by atoms with van der Waals surface area (Å²) in [6.07, 6.45) is 0.116. The molecule has 0 saturated heterocycles. The zero-order chi connectivity index (χ0) is 14.9. The van der Waals surface area contributed by atoms with E-state index in [9.17, 15) is 14.4 Å². The van der Waals surface area contributed by atoms with Crippen molar-refractivity contribution in [3.05, 3.63) is 33.8 Å². The molecule has 1 aliphatic rings. The van der Waals surface area contributed by atoms with E-state index >= 15 is 0 Å². The zero-order valence-electron chi connectivity index (χ0n) is 11.3. The zero-order valence-corrected chi connectivity index (χ0v) is 12.9. The van der Waals surface area contributed by atoms with Crippen molar-refractivity contribution in [2.45, 2.75) is 26.3 Å². The van der Waals surface area contributed by atoms with Gasteiger partial charge in [-0.15, -0.1) is 0 Å². The third-order valence-corrected chi connectivity index (χ3v) is 3.44. The van der Waals surface area contributed by atoms with E-state index in [1.807, 2.05) is 13.8 Å². The number of nitrogens with zero attached hydrogens (tertiary/aromatic N) is 1. The lowest BCUT2D eigenvalue weighted by Gasteiger charge is -2.14. The summed E-state index contributed by atoms with van der Waals surface area (Å²) >= 11 is 3.28. The van der Waals surface area contributed by atoms with Crippen molar-refractivity contribution in [1.29, 1.82) is 0 Å². The molecular formula is C14H15BrN2O3. The van der Waals surface area contributed by atoms with Crippen molar-refractivity contribution in [2.75, 3.05) is 6.54 Å². The van der Waals surface area contributed by atoms with Gasteiger partial charge in [-0.25, -0.2) is 0 Å². The van der Waals surface area contributed by atoms with Gasteiger partial charge in [0.05, 0.1) is 11.1 Å². The normalized spacial score (nSPS) is 13.9. The quantitative estimate of drug-likeness (QED) is 0.853. The molecule has 1 aromatic rings. The fourth-order valence-corrected chi connectivity index (χ4v) is 2.43. The smallest absolute Gasteiger partial charge is 0.261 e. The Hall–Kier alpha value is -1.69. The van der Waals surface area contributed by atoms with Crippen molar-refractivity contribution in [2.24, 2.45) is 0 Å². The van der Waals surface area contributed by atoms with E-state index in [1.54, 1.807) is 18.2 Å². The van der Waals surface area contributed by atoms with Crippen molar-refractivity contribution in [3.63, 3.8) is 0 Å². The fraction of sp³-hybridized carbons (Fsp3) is 0.357. The number of fused-ring (bicyclic) bond motifs is 1. The van der Waals surface area contributed by atoms with Gasteiger partial charge < -0.3 is 5.32 Å². The average Bonchev–Trinajstić information content (AvgIpc) is 2.59. The average molecular weight is 339 g/mol. The topological polar surface area (TPSA) is 66.5 Å². The second-order valence-electron chi connectivity index (χ2n) is 4.92. The monoisotopic (exact) mass is 338 g/mol. The maximum atomic E-state index is 12.1. The minimum Gasteiger partial charge on any atom is -0.354 e. The molecule has 0 fully saturated rings. The standard InChI is InChI=1S/C14H15BrN2O3/c1-8(2)16-12(18)5-6-17-13(19)10-4-3-9(15)7-11(10)14(17)20/h3-4,7-8H,5-6H2,1-2H3,(H,16,18). The molecule has 0 bridgehead atoms. The number of rotatable bonds is 4. The van der Waals surface area contributed by atoms with Crippen molar-refractivity contribution in [1.82, 2.24) is 10.2 Å². The number of hydrogen-bond donors (Lipinski definition) is 1. The van der Waals surface area contributed by atoms with Gasteiger partial charge >= 0.3 is 0 Å². The molecular weight excluding hydrogens is 324 g/mol. The molecule has 0 aliphatic carbocycles. The van der Waals surface area contributed by atoms with Crippen LogP contribution in [0.3, 0.4) is 0 Å². The SMILES string of the molecule is CC(C)NC(=O)CCN1C(=O)c2ccc(Br)cc2C1=O. The second kappa shape index (κ2) is 5.75. The summed E-state index contributed by atoms with van der Waals surface area (Å²) in [6, 6.07) is 5.01. The van der Waals surface area contributed by atoms with Crippen LogP contribution in [0, 0.1) is 0 Å². The Labute approximate surface area is 125 Å². The molecule has 1 heterocycles. The largest absolute Gasteiger partial charge is 0.354 e. The summed E-state index contributed by atoms with van der Waals surface area (Å²) in [5.74, 6) is -0.851. The summed E-state index contributed by atoms with van der Waals surface area (Å²) in [5.41, 5.74) is 0.774. The summed E-state index contributed by atoms with van der Waals surface area (Å²) in [7, 11) is 0. The van der Waals surface area contributed by atoms with Crippen LogP contribution < -0.4 is 5.32 Å². The molecule has 106 valence electrons. The van der Waals surface area contributed by atoms with Gasteiger partial charge in [-0.3, -0.25) is 19.3 Å². The van der Waals surface area contributed by atoms with Gasteiger partial charge in [-0.1, -0.05) is 15.9 Å². The summed E-state index contributed by atoms with van der Waals surface area (Å²) < 4.78 is 0.747. The number of carbonyl (C=O) groups excluding carboxylic acids is 3. The lowest BCUT2D eigenvalue weighted by molar-refractivity contribution is -0.121. The molecule has 20 heavy (non-hydrogen) atoms. The number of imide groups is 1. The molecule has 5 nitrogen and oxygen atoms in total. The Bertz CT molecular complexity index is 584. The van der Waals surface area contributed by atoms with Gasteiger partial charge in [-0.2, -0.15) is 0 Å². The highest BCUT2D eigenvalue weighted by Gasteiger charge is 2.35. The van der Waals surface area contributed by atoms with Crippen molar-refractivity contribution in [3.8, 4) is 0 Å². The third kappa shape index (κ3) is 2.90. The van der Waals surface area contributed by atoms with Crippen LogP contribution in [-0.2, 0) is 4.79 Å². The number of amides is 3. The molecule has 1 aromatic carbocycles. The van der Waals surface area contributed by atoms with E-state index in [4.69, 9.17) is 0 Å². The molecule has 0 unspecified atom stereocenters. The highest BCUT2D eigenvalue weighted by molar-refractivity contribution is 9.10. The Morgan fingerprint density at radius 3 is 2.55 bits per heavy atom. The van der Waals surface area contributed by atoms with Gasteiger partial charge in [0.1, 0.15) is 0 Å². The number of nitrogens with one attached hydrogen (secondary N) is 1. The molecule has 0 radical (unpaired) electrons. The highest BCUT2D eigenvalue weighted by atomic mass is 79.9. The van der Waals surface area contributed by atoms with Gasteiger partial charge in [0.2, 0.25) is 5.91 Å².